The normalized spacial score (nSPS) is 17.5. The molecule has 0 amide bonds. The number of nitro benzene ring substituents is 1. The molecule has 8 heteroatoms. The Bertz CT molecular complexity index is 700. The molecule has 1 aliphatic heterocycles. The Hall–Kier alpha value is -2.48. The third-order valence-electron chi connectivity index (χ3n) is 3.85. The minimum atomic E-state index is -0.500. The van der Waals surface area contributed by atoms with Gasteiger partial charge in [0.1, 0.15) is 0 Å². The number of rotatable bonds is 5. The highest BCUT2D eigenvalue weighted by atomic mass is 32.1. The van der Waals surface area contributed by atoms with Gasteiger partial charge >= 0.3 is 5.97 Å². The van der Waals surface area contributed by atoms with E-state index in [1.807, 2.05) is 18.7 Å². The molecule has 1 heterocycles. The predicted molar refractivity (Wildman–Crippen MR) is 93.3 cm³/mol. The number of thiocarbonyl (C=S) groups is 1. The van der Waals surface area contributed by atoms with Gasteiger partial charge in [0.2, 0.25) is 0 Å². The van der Waals surface area contributed by atoms with Crippen molar-refractivity contribution in [3.63, 3.8) is 0 Å². The molecule has 0 aromatic heterocycles. The summed E-state index contributed by atoms with van der Waals surface area (Å²) in [6, 6.07) is 5.55. The van der Waals surface area contributed by atoms with Crippen molar-refractivity contribution in [2.45, 2.75) is 26.8 Å². The van der Waals surface area contributed by atoms with E-state index in [-0.39, 0.29) is 12.3 Å². The lowest BCUT2D eigenvalue weighted by atomic mass is 9.95. The summed E-state index contributed by atoms with van der Waals surface area (Å²) in [6.07, 6.45) is 0. The molecule has 0 bridgehead atoms. The van der Waals surface area contributed by atoms with Crippen LogP contribution in [0.15, 0.2) is 35.5 Å². The summed E-state index contributed by atoms with van der Waals surface area (Å²) < 4.78 is 5.18. The van der Waals surface area contributed by atoms with Gasteiger partial charge in [-0.05, 0) is 50.7 Å². The van der Waals surface area contributed by atoms with Gasteiger partial charge in [0.25, 0.3) is 5.69 Å². The van der Waals surface area contributed by atoms with E-state index in [0.717, 1.165) is 5.70 Å². The van der Waals surface area contributed by atoms with E-state index in [9.17, 15) is 14.9 Å². The quantitative estimate of drug-likeness (QED) is 0.378. The molecule has 0 radical (unpaired) electrons. The number of non-ortho nitro benzene ring substituents is 1. The lowest BCUT2D eigenvalue weighted by molar-refractivity contribution is -0.384. The molecule has 24 heavy (non-hydrogen) atoms. The van der Waals surface area contributed by atoms with Crippen molar-refractivity contribution >= 4 is 29.0 Å². The Kier molecular flexibility index (Phi) is 5.50. The van der Waals surface area contributed by atoms with Crippen molar-refractivity contribution < 1.29 is 14.5 Å². The number of ether oxygens (including phenoxy) is 1. The van der Waals surface area contributed by atoms with Gasteiger partial charge in [-0.15, -0.1) is 0 Å². The highest BCUT2D eigenvalue weighted by molar-refractivity contribution is 7.80. The van der Waals surface area contributed by atoms with Crippen LogP contribution in [-0.2, 0) is 9.53 Å². The summed E-state index contributed by atoms with van der Waals surface area (Å²) in [5.41, 5.74) is 1.89. The Labute approximate surface area is 145 Å². The number of carbonyl (C=O) groups is 1. The van der Waals surface area contributed by atoms with Gasteiger partial charge in [-0.25, -0.2) is 4.79 Å². The molecular weight excluding hydrogens is 330 g/mol. The van der Waals surface area contributed by atoms with Gasteiger partial charge in [-0.1, -0.05) is 0 Å². The zero-order valence-electron chi connectivity index (χ0n) is 13.7. The SMILES string of the molecule is CCOC(=O)C1=C(C)N(CC)C(=S)N[C@@H]1c1ccc([N+](=O)[O-])cc1. The van der Waals surface area contributed by atoms with Crippen molar-refractivity contribution in [3.05, 3.63) is 51.2 Å². The molecule has 1 atom stereocenters. The predicted octanol–water partition coefficient (Wildman–Crippen LogP) is 2.68. The molecular formula is C16H19N3O4S. The van der Waals surface area contributed by atoms with E-state index in [4.69, 9.17) is 17.0 Å². The van der Waals surface area contributed by atoms with Crippen molar-refractivity contribution in [2.75, 3.05) is 13.2 Å². The summed E-state index contributed by atoms with van der Waals surface area (Å²) in [6.45, 7) is 6.38. The summed E-state index contributed by atoms with van der Waals surface area (Å²) in [7, 11) is 0. The average Bonchev–Trinajstić information content (AvgIpc) is 2.55. The molecule has 0 aliphatic carbocycles. The van der Waals surface area contributed by atoms with Gasteiger partial charge in [-0.2, -0.15) is 0 Å². The second-order valence-electron chi connectivity index (χ2n) is 5.19. The number of nitrogens with one attached hydrogen (secondary N) is 1. The first-order chi connectivity index (χ1) is 11.4. The van der Waals surface area contributed by atoms with Crippen LogP contribution in [0.5, 0.6) is 0 Å². The smallest absolute Gasteiger partial charge is 0.338 e. The zero-order valence-corrected chi connectivity index (χ0v) is 14.6. The minimum Gasteiger partial charge on any atom is -0.463 e. The highest BCUT2D eigenvalue weighted by Crippen LogP contribution is 2.32. The second kappa shape index (κ2) is 7.39. The van der Waals surface area contributed by atoms with E-state index in [1.165, 1.54) is 12.1 Å². The Morgan fingerprint density at radius 2 is 2.00 bits per heavy atom. The van der Waals surface area contributed by atoms with Crippen LogP contribution in [0.2, 0.25) is 0 Å². The topological polar surface area (TPSA) is 84.7 Å². The number of hydrogen-bond donors (Lipinski definition) is 1. The third-order valence-corrected chi connectivity index (χ3v) is 4.18. The zero-order chi connectivity index (χ0) is 17.9. The number of esters is 1. The van der Waals surface area contributed by atoms with Gasteiger partial charge < -0.3 is 15.0 Å². The average molecular weight is 349 g/mol. The Morgan fingerprint density at radius 1 is 1.38 bits per heavy atom. The lowest BCUT2D eigenvalue weighted by Crippen LogP contribution is -2.47. The fraction of sp³-hybridized carbons (Fsp3) is 0.375. The van der Waals surface area contributed by atoms with Gasteiger partial charge in [0.05, 0.1) is 23.1 Å². The molecule has 1 aromatic carbocycles. The van der Waals surface area contributed by atoms with Crippen LogP contribution >= 0.6 is 12.2 Å². The van der Waals surface area contributed by atoms with Crippen molar-refractivity contribution in [3.8, 4) is 0 Å². The summed E-state index contributed by atoms with van der Waals surface area (Å²) in [5, 5.41) is 14.4. The van der Waals surface area contributed by atoms with E-state index in [0.29, 0.717) is 22.8 Å². The molecule has 128 valence electrons. The number of benzene rings is 1. The van der Waals surface area contributed by atoms with Gasteiger partial charge in [0, 0.05) is 24.4 Å². The lowest BCUT2D eigenvalue weighted by Gasteiger charge is -2.37. The molecule has 7 nitrogen and oxygen atoms in total. The minimum absolute atomic E-state index is 0.00860. The highest BCUT2D eigenvalue weighted by Gasteiger charge is 2.34. The largest absolute Gasteiger partial charge is 0.463 e. The van der Waals surface area contributed by atoms with E-state index in [1.54, 1.807) is 19.1 Å². The number of nitro groups is 1. The van der Waals surface area contributed by atoms with Crippen LogP contribution in [0.4, 0.5) is 5.69 Å². The maximum absolute atomic E-state index is 12.4. The van der Waals surface area contributed by atoms with Crippen LogP contribution in [-0.4, -0.2) is 34.1 Å². The van der Waals surface area contributed by atoms with Crippen molar-refractivity contribution in [2.24, 2.45) is 0 Å². The Morgan fingerprint density at radius 3 is 2.50 bits per heavy atom. The molecule has 1 aromatic rings. The van der Waals surface area contributed by atoms with Crippen LogP contribution in [0.1, 0.15) is 32.4 Å². The monoisotopic (exact) mass is 349 g/mol. The van der Waals surface area contributed by atoms with Crippen molar-refractivity contribution in [1.29, 1.82) is 0 Å². The molecule has 0 unspecified atom stereocenters. The fourth-order valence-electron chi connectivity index (χ4n) is 2.67. The molecule has 0 spiro atoms. The van der Waals surface area contributed by atoms with E-state index >= 15 is 0 Å². The maximum atomic E-state index is 12.4. The number of hydrogen-bond acceptors (Lipinski definition) is 5. The van der Waals surface area contributed by atoms with E-state index < -0.39 is 16.9 Å². The van der Waals surface area contributed by atoms with Crippen LogP contribution < -0.4 is 5.32 Å². The number of carbonyl (C=O) groups excluding carboxylic acids is 1. The first-order valence-corrected chi connectivity index (χ1v) is 8.01. The number of allylic oxidation sites excluding steroid dienone is 1. The molecule has 0 saturated heterocycles. The molecule has 0 saturated carbocycles. The van der Waals surface area contributed by atoms with Crippen LogP contribution in [0.25, 0.3) is 0 Å². The van der Waals surface area contributed by atoms with Gasteiger partial charge in [-0.3, -0.25) is 10.1 Å². The molecule has 1 N–H and O–H groups in total. The fourth-order valence-corrected chi connectivity index (χ4v) is 3.06. The summed E-state index contributed by atoms with van der Waals surface area (Å²) in [4.78, 5) is 24.6. The molecule has 2 rings (SSSR count). The summed E-state index contributed by atoms with van der Waals surface area (Å²) in [5.74, 6) is -0.424. The standard InChI is InChI=1S/C16H19N3O4S/c1-4-18-10(3)13(15(20)23-5-2)14(17-16(18)24)11-6-8-12(9-7-11)19(21)22/h6-9,14H,4-5H2,1-3H3,(H,17,24)/t14-/m1/s1. The molecule has 1 aliphatic rings. The first kappa shape index (κ1) is 17.9. The van der Waals surface area contributed by atoms with Gasteiger partial charge in [0.15, 0.2) is 5.11 Å². The molecule has 0 fully saturated rings. The summed E-state index contributed by atoms with van der Waals surface area (Å²) >= 11 is 5.37. The number of nitrogens with zero attached hydrogens (tertiary/aromatic N) is 2. The second-order valence-corrected chi connectivity index (χ2v) is 5.58. The first-order valence-electron chi connectivity index (χ1n) is 7.60. The maximum Gasteiger partial charge on any atom is 0.338 e. The van der Waals surface area contributed by atoms with Crippen LogP contribution in [0, 0.1) is 10.1 Å². The van der Waals surface area contributed by atoms with E-state index in [2.05, 4.69) is 5.32 Å². The third kappa shape index (κ3) is 3.38. The van der Waals surface area contributed by atoms with Crippen molar-refractivity contribution in [1.82, 2.24) is 10.2 Å². The Balaban J connectivity index is 2.49. The van der Waals surface area contributed by atoms with Crippen LogP contribution in [0.3, 0.4) is 0 Å².